The maximum absolute atomic E-state index is 3.74. The molecule has 1 heteroatoms. The second kappa shape index (κ2) is 5.31. The zero-order chi connectivity index (χ0) is 11.4. The molecule has 0 aliphatic heterocycles. The fraction of sp³-hybridized carbons (Fsp3) is 0.200. The summed E-state index contributed by atoms with van der Waals surface area (Å²) in [5.41, 5.74) is 4.02. The van der Waals surface area contributed by atoms with Crippen molar-refractivity contribution in [1.29, 1.82) is 0 Å². The molecule has 0 aliphatic rings. The van der Waals surface area contributed by atoms with Crippen molar-refractivity contribution in [3.8, 4) is 0 Å². The highest BCUT2D eigenvalue weighted by Gasteiger charge is 2.07. The highest BCUT2D eigenvalue weighted by molar-refractivity contribution is 9.09. The van der Waals surface area contributed by atoms with E-state index in [0.29, 0.717) is 4.83 Å². The van der Waals surface area contributed by atoms with Crippen LogP contribution in [-0.2, 0) is 6.42 Å². The third-order valence-corrected chi connectivity index (χ3v) is 3.55. The number of halogens is 1. The van der Waals surface area contributed by atoms with Gasteiger partial charge in [0.05, 0.1) is 0 Å². The summed E-state index contributed by atoms with van der Waals surface area (Å²) in [6.07, 6.45) is 1.03. The van der Waals surface area contributed by atoms with Crippen LogP contribution in [0, 0.1) is 6.92 Å². The molecule has 2 rings (SSSR count). The van der Waals surface area contributed by atoms with Crippen molar-refractivity contribution >= 4 is 15.9 Å². The van der Waals surface area contributed by atoms with Crippen molar-refractivity contribution in [3.63, 3.8) is 0 Å². The van der Waals surface area contributed by atoms with Gasteiger partial charge >= 0.3 is 0 Å². The number of aryl methyl sites for hydroxylation is 1. The van der Waals surface area contributed by atoms with Crippen molar-refractivity contribution in [2.75, 3.05) is 0 Å². The van der Waals surface area contributed by atoms with E-state index in [2.05, 4.69) is 77.5 Å². The quantitative estimate of drug-likeness (QED) is 0.714. The summed E-state index contributed by atoms with van der Waals surface area (Å²) in [5, 5.41) is 0. The third-order valence-electron chi connectivity index (χ3n) is 2.70. The summed E-state index contributed by atoms with van der Waals surface area (Å²) in [4.78, 5) is 0.399. The predicted molar refractivity (Wildman–Crippen MR) is 73.0 cm³/mol. The fourth-order valence-electron chi connectivity index (χ4n) is 1.71. The second-order valence-electron chi connectivity index (χ2n) is 4.07. The molecule has 0 aromatic heterocycles. The molecule has 0 fully saturated rings. The Morgan fingerprint density at radius 1 is 0.938 bits per heavy atom. The second-order valence-corrected chi connectivity index (χ2v) is 5.17. The Kier molecular flexibility index (Phi) is 3.79. The summed E-state index contributed by atoms with van der Waals surface area (Å²) >= 11 is 3.74. The SMILES string of the molecule is Cc1ccc(CC(Br)c2ccccc2)cc1. The number of alkyl halides is 1. The molecule has 0 heterocycles. The van der Waals surface area contributed by atoms with E-state index in [1.165, 1.54) is 16.7 Å². The average Bonchev–Trinajstić information content (AvgIpc) is 2.33. The van der Waals surface area contributed by atoms with Crippen LogP contribution in [0.3, 0.4) is 0 Å². The van der Waals surface area contributed by atoms with Crippen LogP contribution in [0.2, 0.25) is 0 Å². The highest BCUT2D eigenvalue weighted by Crippen LogP contribution is 2.26. The van der Waals surface area contributed by atoms with Crippen LogP contribution in [0.15, 0.2) is 54.6 Å². The number of hydrogen-bond acceptors (Lipinski definition) is 0. The van der Waals surface area contributed by atoms with Crippen LogP contribution in [0.5, 0.6) is 0 Å². The zero-order valence-corrected chi connectivity index (χ0v) is 10.9. The lowest BCUT2D eigenvalue weighted by atomic mass is 10.0. The molecule has 0 aliphatic carbocycles. The lowest BCUT2D eigenvalue weighted by molar-refractivity contribution is 0.948. The van der Waals surface area contributed by atoms with Gasteiger partial charge in [0.25, 0.3) is 0 Å². The lowest BCUT2D eigenvalue weighted by Gasteiger charge is -2.10. The fourth-order valence-corrected chi connectivity index (χ4v) is 2.39. The van der Waals surface area contributed by atoms with Gasteiger partial charge in [-0.15, -0.1) is 0 Å². The minimum Gasteiger partial charge on any atom is -0.0835 e. The molecule has 1 atom stereocenters. The van der Waals surface area contributed by atoms with Crippen molar-refractivity contribution in [1.82, 2.24) is 0 Å². The minimum absolute atomic E-state index is 0.399. The van der Waals surface area contributed by atoms with E-state index in [1.807, 2.05) is 0 Å². The standard InChI is InChI=1S/C15H15Br/c1-12-7-9-13(10-8-12)11-15(16)14-5-3-2-4-6-14/h2-10,15H,11H2,1H3. The van der Waals surface area contributed by atoms with Gasteiger partial charge in [-0.05, 0) is 24.5 Å². The number of benzene rings is 2. The topological polar surface area (TPSA) is 0 Å². The van der Waals surface area contributed by atoms with Crippen LogP contribution in [-0.4, -0.2) is 0 Å². The molecule has 1 unspecified atom stereocenters. The van der Waals surface area contributed by atoms with Crippen LogP contribution in [0.1, 0.15) is 21.5 Å². The first-order valence-corrected chi connectivity index (χ1v) is 6.42. The zero-order valence-electron chi connectivity index (χ0n) is 9.36. The Morgan fingerprint density at radius 2 is 1.56 bits per heavy atom. The molecular weight excluding hydrogens is 260 g/mol. The van der Waals surface area contributed by atoms with Crippen molar-refractivity contribution in [2.24, 2.45) is 0 Å². The lowest BCUT2D eigenvalue weighted by Crippen LogP contribution is -1.94. The van der Waals surface area contributed by atoms with Crippen molar-refractivity contribution < 1.29 is 0 Å². The summed E-state index contributed by atoms with van der Waals surface area (Å²) in [6, 6.07) is 19.3. The highest BCUT2D eigenvalue weighted by atomic mass is 79.9. The number of rotatable bonds is 3. The maximum atomic E-state index is 3.74. The van der Waals surface area contributed by atoms with Gasteiger partial charge in [-0.25, -0.2) is 0 Å². The van der Waals surface area contributed by atoms with Gasteiger partial charge < -0.3 is 0 Å². The predicted octanol–water partition coefficient (Wildman–Crippen LogP) is 4.67. The Morgan fingerprint density at radius 3 is 2.19 bits per heavy atom. The van der Waals surface area contributed by atoms with Crippen LogP contribution in [0.25, 0.3) is 0 Å². The van der Waals surface area contributed by atoms with E-state index in [-0.39, 0.29) is 0 Å². The summed E-state index contributed by atoms with van der Waals surface area (Å²) in [7, 11) is 0. The Bertz CT molecular complexity index is 431. The molecule has 0 saturated carbocycles. The molecule has 0 spiro atoms. The Balaban J connectivity index is 2.08. The molecule has 0 N–H and O–H groups in total. The van der Waals surface area contributed by atoms with Crippen molar-refractivity contribution in [2.45, 2.75) is 18.2 Å². The van der Waals surface area contributed by atoms with E-state index >= 15 is 0 Å². The Hall–Kier alpha value is -1.08. The molecule has 0 radical (unpaired) electrons. The maximum Gasteiger partial charge on any atom is 0.0435 e. The van der Waals surface area contributed by atoms with Gasteiger partial charge in [0.2, 0.25) is 0 Å². The smallest absolute Gasteiger partial charge is 0.0435 e. The first-order chi connectivity index (χ1) is 7.75. The van der Waals surface area contributed by atoms with E-state index < -0.39 is 0 Å². The monoisotopic (exact) mass is 274 g/mol. The molecular formula is C15H15Br. The largest absolute Gasteiger partial charge is 0.0835 e. The van der Waals surface area contributed by atoms with E-state index in [9.17, 15) is 0 Å². The summed E-state index contributed by atoms with van der Waals surface area (Å²) < 4.78 is 0. The minimum atomic E-state index is 0.399. The molecule has 2 aromatic carbocycles. The van der Waals surface area contributed by atoms with Crippen LogP contribution < -0.4 is 0 Å². The number of hydrogen-bond donors (Lipinski definition) is 0. The van der Waals surface area contributed by atoms with E-state index in [0.717, 1.165) is 6.42 Å². The Labute approximate surface area is 105 Å². The normalized spacial score (nSPS) is 12.4. The van der Waals surface area contributed by atoms with Gasteiger partial charge in [-0.3, -0.25) is 0 Å². The van der Waals surface area contributed by atoms with Gasteiger partial charge in [-0.2, -0.15) is 0 Å². The van der Waals surface area contributed by atoms with E-state index in [4.69, 9.17) is 0 Å². The van der Waals surface area contributed by atoms with Crippen molar-refractivity contribution in [3.05, 3.63) is 71.3 Å². The molecule has 0 bridgehead atoms. The summed E-state index contributed by atoms with van der Waals surface area (Å²) in [6.45, 7) is 2.12. The third kappa shape index (κ3) is 2.96. The van der Waals surface area contributed by atoms with Crippen LogP contribution >= 0.6 is 15.9 Å². The van der Waals surface area contributed by atoms with Gasteiger partial charge in [-0.1, -0.05) is 76.1 Å². The first-order valence-electron chi connectivity index (χ1n) is 5.50. The molecule has 0 nitrogen and oxygen atoms in total. The van der Waals surface area contributed by atoms with Crippen LogP contribution in [0.4, 0.5) is 0 Å². The van der Waals surface area contributed by atoms with Gasteiger partial charge in [0, 0.05) is 4.83 Å². The molecule has 82 valence electrons. The summed E-state index contributed by atoms with van der Waals surface area (Å²) in [5.74, 6) is 0. The van der Waals surface area contributed by atoms with Gasteiger partial charge in [0.1, 0.15) is 0 Å². The first kappa shape index (κ1) is 11.4. The molecule has 2 aromatic rings. The molecule has 0 saturated heterocycles. The average molecular weight is 275 g/mol. The van der Waals surface area contributed by atoms with Gasteiger partial charge in [0.15, 0.2) is 0 Å². The molecule has 16 heavy (non-hydrogen) atoms. The van der Waals surface area contributed by atoms with E-state index in [1.54, 1.807) is 0 Å². The molecule has 0 amide bonds.